The molecule has 0 atom stereocenters. The Bertz CT molecular complexity index is 800. The lowest BCUT2D eigenvalue weighted by Crippen LogP contribution is -2.28. The van der Waals surface area contributed by atoms with Gasteiger partial charge in [0.15, 0.2) is 5.76 Å². The lowest BCUT2D eigenvalue weighted by Gasteiger charge is -2.22. The van der Waals surface area contributed by atoms with Gasteiger partial charge in [0.05, 0.1) is 5.56 Å². The Kier molecular flexibility index (Phi) is 4.11. The summed E-state index contributed by atoms with van der Waals surface area (Å²) in [5.74, 6) is -0.379. The molecule has 3 heteroatoms. The normalized spacial score (nSPS) is 19.4. The van der Waals surface area contributed by atoms with Crippen LogP contribution in [0.2, 0.25) is 0 Å². The van der Waals surface area contributed by atoms with Crippen molar-refractivity contribution in [2.75, 3.05) is 0 Å². The Labute approximate surface area is 135 Å². The number of carbonyl (C=O) groups excluding carboxylic acids is 2. The molecule has 0 unspecified atom stereocenters. The monoisotopic (exact) mass is 306 g/mol. The second-order valence-electron chi connectivity index (χ2n) is 5.89. The van der Waals surface area contributed by atoms with Gasteiger partial charge in [0.1, 0.15) is 5.75 Å². The van der Waals surface area contributed by atoms with Crippen LogP contribution in [-0.4, -0.2) is 11.6 Å². The van der Waals surface area contributed by atoms with Crippen LogP contribution in [0.15, 0.2) is 65.5 Å². The first kappa shape index (κ1) is 15.2. The van der Waals surface area contributed by atoms with Crippen molar-refractivity contribution in [3.05, 3.63) is 76.6 Å². The number of hydrogen-bond acceptors (Lipinski definition) is 3. The number of Topliss-reactive ketones (excluding diaryl/α,β-unsaturated/α-hetero) is 2. The average Bonchev–Trinajstić information content (AvgIpc) is 2.57. The standard InChI is InChI=1S/C20H18O3/c1-13(2)11-12-15-9-6-10-16-17(21)18(22)20(23-19(15)16)14-7-4-3-5-8-14/h3-7,9-11H,8,12H2,1-2H3. The fourth-order valence-corrected chi connectivity index (χ4v) is 2.63. The van der Waals surface area contributed by atoms with E-state index in [1.54, 1.807) is 12.1 Å². The molecule has 3 rings (SSSR count). The Morgan fingerprint density at radius 1 is 1.17 bits per heavy atom. The third-order valence-electron chi connectivity index (χ3n) is 3.86. The number of carbonyl (C=O) groups is 2. The molecule has 1 aromatic rings. The van der Waals surface area contributed by atoms with Crippen LogP contribution in [0, 0.1) is 0 Å². The molecule has 0 aromatic heterocycles. The van der Waals surface area contributed by atoms with E-state index in [1.165, 1.54) is 5.57 Å². The predicted molar refractivity (Wildman–Crippen MR) is 89.5 cm³/mol. The van der Waals surface area contributed by atoms with E-state index in [9.17, 15) is 9.59 Å². The van der Waals surface area contributed by atoms with Gasteiger partial charge in [-0.25, -0.2) is 0 Å². The van der Waals surface area contributed by atoms with Crippen molar-refractivity contribution >= 4 is 11.6 Å². The second-order valence-corrected chi connectivity index (χ2v) is 5.89. The Balaban J connectivity index is 2.08. The van der Waals surface area contributed by atoms with Crippen molar-refractivity contribution in [2.45, 2.75) is 26.7 Å². The van der Waals surface area contributed by atoms with Gasteiger partial charge in [0.2, 0.25) is 5.78 Å². The zero-order chi connectivity index (χ0) is 16.4. The maximum absolute atomic E-state index is 12.4. The largest absolute Gasteiger partial charge is 0.452 e. The summed E-state index contributed by atoms with van der Waals surface area (Å²) in [7, 11) is 0. The van der Waals surface area contributed by atoms with E-state index in [2.05, 4.69) is 6.08 Å². The molecule has 1 aromatic carbocycles. The first-order chi connectivity index (χ1) is 11.1. The number of ketones is 2. The SMILES string of the molecule is CC(C)=CCc1cccc2c1OC(=C1C=CC=CC1)C(=O)C2=O. The molecule has 0 spiro atoms. The molecule has 0 bridgehead atoms. The van der Waals surface area contributed by atoms with Gasteiger partial charge in [-0.15, -0.1) is 0 Å². The van der Waals surface area contributed by atoms with Crippen molar-refractivity contribution in [2.24, 2.45) is 0 Å². The minimum Gasteiger partial charge on any atom is -0.452 e. The average molecular weight is 306 g/mol. The topological polar surface area (TPSA) is 43.4 Å². The molecule has 0 saturated heterocycles. The van der Waals surface area contributed by atoms with Crippen molar-refractivity contribution < 1.29 is 14.3 Å². The van der Waals surface area contributed by atoms with Crippen LogP contribution >= 0.6 is 0 Å². The smallest absolute Gasteiger partial charge is 0.269 e. The zero-order valence-electron chi connectivity index (χ0n) is 13.3. The number of hydrogen-bond donors (Lipinski definition) is 0. The van der Waals surface area contributed by atoms with Crippen LogP contribution in [0.25, 0.3) is 0 Å². The molecule has 0 amide bonds. The van der Waals surface area contributed by atoms with E-state index in [0.29, 0.717) is 24.2 Å². The molecule has 0 radical (unpaired) electrons. The predicted octanol–water partition coefficient (Wildman–Crippen LogP) is 4.11. The molecule has 23 heavy (non-hydrogen) atoms. The van der Waals surface area contributed by atoms with Gasteiger partial charge in [0.25, 0.3) is 5.78 Å². The third kappa shape index (κ3) is 2.95. The number of rotatable bonds is 2. The fourth-order valence-electron chi connectivity index (χ4n) is 2.63. The molecule has 1 aliphatic carbocycles. The van der Waals surface area contributed by atoms with E-state index < -0.39 is 11.6 Å². The van der Waals surface area contributed by atoms with E-state index >= 15 is 0 Å². The number of fused-ring (bicyclic) bond motifs is 1. The summed E-state index contributed by atoms with van der Waals surface area (Å²) in [6, 6.07) is 5.38. The molecule has 0 saturated carbocycles. The van der Waals surface area contributed by atoms with Crippen molar-refractivity contribution in [1.82, 2.24) is 0 Å². The van der Waals surface area contributed by atoms with Crippen LogP contribution in [0.1, 0.15) is 36.2 Å². The number of para-hydroxylation sites is 1. The summed E-state index contributed by atoms with van der Waals surface area (Å²) in [4.78, 5) is 24.8. The Morgan fingerprint density at radius 3 is 2.70 bits per heavy atom. The highest BCUT2D eigenvalue weighted by atomic mass is 16.5. The molecule has 1 aliphatic heterocycles. The van der Waals surface area contributed by atoms with Crippen LogP contribution in [0.4, 0.5) is 0 Å². The fraction of sp³-hybridized carbons (Fsp3) is 0.200. The Morgan fingerprint density at radius 2 is 2.00 bits per heavy atom. The van der Waals surface area contributed by atoms with Crippen LogP contribution < -0.4 is 4.74 Å². The van der Waals surface area contributed by atoms with Crippen molar-refractivity contribution in [3.63, 3.8) is 0 Å². The minimum atomic E-state index is -0.563. The highest BCUT2D eigenvalue weighted by Crippen LogP contribution is 2.34. The van der Waals surface area contributed by atoms with Gasteiger partial charge >= 0.3 is 0 Å². The molecule has 0 N–H and O–H groups in total. The van der Waals surface area contributed by atoms with Crippen LogP contribution in [0.3, 0.4) is 0 Å². The second kappa shape index (κ2) is 6.21. The van der Waals surface area contributed by atoms with Gasteiger partial charge in [-0.1, -0.05) is 48.1 Å². The van der Waals surface area contributed by atoms with E-state index in [-0.39, 0.29) is 5.76 Å². The van der Waals surface area contributed by atoms with E-state index in [4.69, 9.17) is 4.74 Å². The molecule has 3 nitrogen and oxygen atoms in total. The summed E-state index contributed by atoms with van der Waals surface area (Å²) < 4.78 is 5.91. The molecular weight excluding hydrogens is 288 g/mol. The minimum absolute atomic E-state index is 0.160. The molecule has 1 heterocycles. The van der Waals surface area contributed by atoms with Crippen LogP contribution in [-0.2, 0) is 11.2 Å². The quantitative estimate of drug-likeness (QED) is 0.469. The van der Waals surface area contributed by atoms with Crippen molar-refractivity contribution in [3.8, 4) is 5.75 Å². The summed E-state index contributed by atoms with van der Waals surface area (Å²) in [6.07, 6.45) is 10.9. The maximum atomic E-state index is 12.4. The van der Waals surface area contributed by atoms with Gasteiger partial charge < -0.3 is 4.74 Å². The highest BCUT2D eigenvalue weighted by molar-refractivity contribution is 6.50. The lowest BCUT2D eigenvalue weighted by molar-refractivity contribution is -0.114. The zero-order valence-corrected chi connectivity index (χ0v) is 13.3. The third-order valence-corrected chi connectivity index (χ3v) is 3.86. The van der Waals surface area contributed by atoms with E-state index in [0.717, 1.165) is 11.1 Å². The number of allylic oxidation sites excluding steroid dienone is 8. The molecule has 2 aliphatic rings. The first-order valence-corrected chi connectivity index (χ1v) is 7.66. The first-order valence-electron chi connectivity index (χ1n) is 7.66. The van der Waals surface area contributed by atoms with Gasteiger partial charge in [-0.3, -0.25) is 9.59 Å². The summed E-state index contributed by atoms with van der Waals surface area (Å²) in [5.41, 5.74) is 3.21. The van der Waals surface area contributed by atoms with E-state index in [1.807, 2.05) is 44.2 Å². The summed E-state index contributed by atoms with van der Waals surface area (Å²) in [5, 5.41) is 0. The molecule has 0 fully saturated rings. The van der Waals surface area contributed by atoms with Gasteiger partial charge in [0, 0.05) is 5.57 Å². The number of ether oxygens (including phenoxy) is 1. The van der Waals surface area contributed by atoms with Crippen molar-refractivity contribution in [1.29, 1.82) is 0 Å². The lowest BCUT2D eigenvalue weighted by atomic mass is 9.94. The Hall–Kier alpha value is -2.68. The summed E-state index contributed by atoms with van der Waals surface area (Å²) in [6.45, 7) is 4.05. The molecule has 116 valence electrons. The number of benzene rings is 1. The van der Waals surface area contributed by atoms with Gasteiger partial charge in [-0.2, -0.15) is 0 Å². The summed E-state index contributed by atoms with van der Waals surface area (Å²) >= 11 is 0. The maximum Gasteiger partial charge on any atom is 0.269 e. The highest BCUT2D eigenvalue weighted by Gasteiger charge is 2.34. The molecular formula is C20H18O3. The van der Waals surface area contributed by atoms with Gasteiger partial charge in [-0.05, 0) is 38.3 Å². The van der Waals surface area contributed by atoms with Crippen LogP contribution in [0.5, 0.6) is 5.75 Å².